The Kier molecular flexibility index (Phi) is 4.96. The summed E-state index contributed by atoms with van der Waals surface area (Å²) in [5.74, 6) is 0.0981. The van der Waals surface area contributed by atoms with Crippen LogP contribution in [0.2, 0.25) is 0 Å². The lowest BCUT2D eigenvalue weighted by atomic mass is 10.0. The summed E-state index contributed by atoms with van der Waals surface area (Å²) < 4.78 is 0. The van der Waals surface area contributed by atoms with Crippen molar-refractivity contribution in [1.82, 2.24) is 15.1 Å². The van der Waals surface area contributed by atoms with Gasteiger partial charge in [-0.1, -0.05) is 29.8 Å². The largest absolute Gasteiger partial charge is 0.344 e. The summed E-state index contributed by atoms with van der Waals surface area (Å²) in [6.07, 6.45) is 2.14. The Hall–Kier alpha value is -1.88. The standard InChI is InChI=1S/C18H25N3O2/c1-14-4-2-5-15(12-14)13-20-8-10-21(11-9-20)18(23)16-6-3-7-17(22)19-16/h2,4-5,12,16H,3,6-11,13H2,1H3,(H,19,22)/t16-/m1/s1. The number of aryl methyl sites for hydroxylation is 1. The Morgan fingerprint density at radius 3 is 2.74 bits per heavy atom. The number of amides is 2. The molecular formula is C18H25N3O2. The molecule has 0 aliphatic carbocycles. The third-order valence-corrected chi connectivity index (χ3v) is 4.70. The highest BCUT2D eigenvalue weighted by molar-refractivity contribution is 5.88. The second kappa shape index (κ2) is 7.13. The number of benzene rings is 1. The molecule has 2 amide bonds. The number of piperidine rings is 1. The van der Waals surface area contributed by atoms with E-state index in [0.29, 0.717) is 6.42 Å². The van der Waals surface area contributed by atoms with E-state index < -0.39 is 0 Å². The highest BCUT2D eigenvalue weighted by atomic mass is 16.2. The number of rotatable bonds is 3. The second-order valence-electron chi connectivity index (χ2n) is 6.60. The van der Waals surface area contributed by atoms with Gasteiger partial charge in [-0.05, 0) is 25.3 Å². The minimum Gasteiger partial charge on any atom is -0.344 e. The van der Waals surface area contributed by atoms with Gasteiger partial charge in [-0.3, -0.25) is 14.5 Å². The summed E-state index contributed by atoms with van der Waals surface area (Å²) in [4.78, 5) is 28.2. The molecule has 0 bridgehead atoms. The Morgan fingerprint density at radius 1 is 1.26 bits per heavy atom. The van der Waals surface area contributed by atoms with Gasteiger partial charge in [-0.2, -0.15) is 0 Å². The van der Waals surface area contributed by atoms with Gasteiger partial charge in [0.2, 0.25) is 11.8 Å². The Bertz CT molecular complexity index is 579. The average molecular weight is 315 g/mol. The molecule has 0 saturated carbocycles. The molecule has 23 heavy (non-hydrogen) atoms. The molecule has 1 atom stereocenters. The predicted octanol–water partition coefficient (Wildman–Crippen LogP) is 1.31. The van der Waals surface area contributed by atoms with E-state index in [1.807, 2.05) is 4.90 Å². The molecule has 5 heteroatoms. The van der Waals surface area contributed by atoms with E-state index in [9.17, 15) is 9.59 Å². The zero-order valence-electron chi connectivity index (χ0n) is 13.8. The molecule has 2 heterocycles. The maximum atomic E-state index is 12.5. The van der Waals surface area contributed by atoms with Crippen LogP contribution < -0.4 is 5.32 Å². The first-order valence-electron chi connectivity index (χ1n) is 8.48. The molecule has 2 aliphatic heterocycles. The van der Waals surface area contributed by atoms with E-state index in [4.69, 9.17) is 0 Å². The van der Waals surface area contributed by atoms with Crippen molar-refractivity contribution < 1.29 is 9.59 Å². The molecule has 5 nitrogen and oxygen atoms in total. The normalized spacial score (nSPS) is 22.7. The second-order valence-corrected chi connectivity index (χ2v) is 6.60. The molecule has 0 aromatic heterocycles. The Balaban J connectivity index is 1.50. The number of hydrogen-bond acceptors (Lipinski definition) is 3. The van der Waals surface area contributed by atoms with Crippen LogP contribution in [-0.4, -0.2) is 53.8 Å². The number of carbonyl (C=O) groups excluding carboxylic acids is 2. The molecule has 1 aromatic carbocycles. The van der Waals surface area contributed by atoms with Crippen molar-refractivity contribution >= 4 is 11.8 Å². The number of nitrogens with zero attached hydrogens (tertiary/aromatic N) is 2. The van der Waals surface area contributed by atoms with Crippen LogP contribution in [0.1, 0.15) is 30.4 Å². The maximum absolute atomic E-state index is 12.5. The summed E-state index contributed by atoms with van der Waals surface area (Å²) >= 11 is 0. The van der Waals surface area contributed by atoms with Crippen molar-refractivity contribution in [3.63, 3.8) is 0 Å². The van der Waals surface area contributed by atoms with Gasteiger partial charge < -0.3 is 10.2 Å². The van der Waals surface area contributed by atoms with Crippen molar-refractivity contribution in [1.29, 1.82) is 0 Å². The van der Waals surface area contributed by atoms with Gasteiger partial charge in [-0.15, -0.1) is 0 Å². The van der Waals surface area contributed by atoms with E-state index in [1.54, 1.807) is 0 Å². The van der Waals surface area contributed by atoms with E-state index in [1.165, 1.54) is 11.1 Å². The molecule has 2 fully saturated rings. The summed E-state index contributed by atoms with van der Waals surface area (Å²) in [7, 11) is 0. The van der Waals surface area contributed by atoms with Crippen LogP contribution in [0.25, 0.3) is 0 Å². The summed E-state index contributed by atoms with van der Waals surface area (Å²) in [5.41, 5.74) is 2.61. The first-order chi connectivity index (χ1) is 11.1. The zero-order valence-corrected chi connectivity index (χ0v) is 13.8. The minimum atomic E-state index is -0.306. The van der Waals surface area contributed by atoms with Gasteiger partial charge >= 0.3 is 0 Å². The number of carbonyl (C=O) groups is 2. The first kappa shape index (κ1) is 16.0. The number of piperazine rings is 1. The van der Waals surface area contributed by atoms with Crippen LogP contribution in [0.5, 0.6) is 0 Å². The number of nitrogens with one attached hydrogen (secondary N) is 1. The van der Waals surface area contributed by atoms with Crippen LogP contribution in [0.3, 0.4) is 0 Å². The Labute approximate surface area is 137 Å². The van der Waals surface area contributed by atoms with Gasteiger partial charge in [0.15, 0.2) is 0 Å². The van der Waals surface area contributed by atoms with Crippen molar-refractivity contribution in [3.05, 3.63) is 35.4 Å². The predicted molar refractivity (Wildman–Crippen MR) is 88.8 cm³/mol. The van der Waals surface area contributed by atoms with Gasteiger partial charge in [0, 0.05) is 39.1 Å². The van der Waals surface area contributed by atoms with Crippen LogP contribution >= 0.6 is 0 Å². The fraction of sp³-hybridized carbons (Fsp3) is 0.556. The third-order valence-electron chi connectivity index (χ3n) is 4.70. The molecule has 0 spiro atoms. The van der Waals surface area contributed by atoms with E-state index in [0.717, 1.165) is 45.6 Å². The fourth-order valence-electron chi connectivity index (χ4n) is 3.41. The smallest absolute Gasteiger partial charge is 0.245 e. The molecule has 124 valence electrons. The van der Waals surface area contributed by atoms with Gasteiger partial charge in [-0.25, -0.2) is 0 Å². The van der Waals surface area contributed by atoms with Gasteiger partial charge in [0.1, 0.15) is 6.04 Å². The molecule has 2 saturated heterocycles. The topological polar surface area (TPSA) is 52.7 Å². The molecule has 3 rings (SSSR count). The summed E-state index contributed by atoms with van der Waals surface area (Å²) in [5, 5.41) is 2.83. The lowest BCUT2D eigenvalue weighted by molar-refractivity contribution is -0.139. The monoisotopic (exact) mass is 315 g/mol. The molecule has 1 N–H and O–H groups in total. The molecule has 2 aliphatic rings. The molecule has 1 aromatic rings. The van der Waals surface area contributed by atoms with Crippen molar-refractivity contribution in [2.24, 2.45) is 0 Å². The lowest BCUT2D eigenvalue weighted by Crippen LogP contribution is -2.55. The third kappa shape index (κ3) is 4.10. The number of hydrogen-bond donors (Lipinski definition) is 1. The van der Waals surface area contributed by atoms with Gasteiger partial charge in [0.05, 0.1) is 0 Å². The lowest BCUT2D eigenvalue weighted by Gasteiger charge is -2.37. The minimum absolute atomic E-state index is 0.00711. The van der Waals surface area contributed by atoms with E-state index >= 15 is 0 Å². The van der Waals surface area contributed by atoms with E-state index in [2.05, 4.69) is 41.4 Å². The average Bonchev–Trinajstić information content (AvgIpc) is 2.55. The van der Waals surface area contributed by atoms with Crippen LogP contribution in [0.4, 0.5) is 0 Å². The van der Waals surface area contributed by atoms with Crippen LogP contribution in [0, 0.1) is 6.92 Å². The Morgan fingerprint density at radius 2 is 2.04 bits per heavy atom. The molecular weight excluding hydrogens is 290 g/mol. The fourth-order valence-corrected chi connectivity index (χ4v) is 3.41. The zero-order chi connectivity index (χ0) is 16.2. The molecule has 0 radical (unpaired) electrons. The van der Waals surface area contributed by atoms with E-state index in [-0.39, 0.29) is 17.9 Å². The highest BCUT2D eigenvalue weighted by Crippen LogP contribution is 2.14. The van der Waals surface area contributed by atoms with Crippen molar-refractivity contribution in [3.8, 4) is 0 Å². The van der Waals surface area contributed by atoms with Crippen molar-refractivity contribution in [2.45, 2.75) is 38.8 Å². The first-order valence-corrected chi connectivity index (χ1v) is 8.48. The SMILES string of the molecule is Cc1cccc(CN2CCN(C(=O)[C@H]3CCCC(=O)N3)CC2)c1. The molecule has 0 unspecified atom stereocenters. The summed E-state index contributed by atoms with van der Waals surface area (Å²) in [6, 6.07) is 8.27. The quantitative estimate of drug-likeness (QED) is 0.915. The van der Waals surface area contributed by atoms with Crippen LogP contribution in [0.15, 0.2) is 24.3 Å². The van der Waals surface area contributed by atoms with Crippen molar-refractivity contribution in [2.75, 3.05) is 26.2 Å². The van der Waals surface area contributed by atoms with Crippen LogP contribution in [-0.2, 0) is 16.1 Å². The summed E-state index contributed by atoms with van der Waals surface area (Å²) in [6.45, 7) is 6.32. The highest BCUT2D eigenvalue weighted by Gasteiger charge is 2.30. The maximum Gasteiger partial charge on any atom is 0.245 e. The van der Waals surface area contributed by atoms with Gasteiger partial charge in [0.25, 0.3) is 0 Å².